The predicted molar refractivity (Wildman–Crippen MR) is 223 cm³/mol. The van der Waals surface area contributed by atoms with Gasteiger partial charge >= 0.3 is 5.97 Å². The highest BCUT2D eigenvalue weighted by atomic mass is 16.8. The summed E-state index contributed by atoms with van der Waals surface area (Å²) in [5.41, 5.74) is -0.439. The lowest BCUT2D eigenvalue weighted by atomic mass is 9.45. The number of carbonyl (C=O) groups excluding carboxylic acids is 2. The van der Waals surface area contributed by atoms with Crippen LogP contribution in [0.2, 0.25) is 0 Å². The van der Waals surface area contributed by atoms with Gasteiger partial charge in [0.15, 0.2) is 18.9 Å². The topological polar surface area (TPSA) is 187 Å². The first-order valence-corrected chi connectivity index (χ1v) is 23.0. The Morgan fingerprint density at radius 2 is 1.40 bits per heavy atom. The van der Waals surface area contributed by atoms with E-state index in [2.05, 4.69) is 13.0 Å². The molecule has 15 nitrogen and oxygen atoms in total. The standard InChI is InChI=1S/C47H74O15/c1-12-23(2)43(51)60-35-20-32-31(47(52)18-16-30(24(3)48)46(35,47)8)14-13-28-19-29(15-17-45(28,32)7)59-36-21-33(53-9)40(26(5)56-36)61-37-22-34(54-10)41(27(6)57-37)62-44-39(50)42(55-11)38(49)25(4)58-44/h12-13,25-27,29-42,44,49-50,52H,14-22H2,1-11H3/b23-12+/t25?,26?,27?,29?,30?,31?,32?,33?,34?,35?,36?,37?,38?,39?,40?,41?,42?,44?,45-,46-,47?/m0/s1. The average molecular weight is 879 g/mol. The summed E-state index contributed by atoms with van der Waals surface area (Å²) in [6, 6.07) is 0. The quantitative estimate of drug-likeness (QED) is 0.139. The molecule has 0 radical (unpaired) electrons. The van der Waals surface area contributed by atoms with Gasteiger partial charge in [0.05, 0.1) is 42.2 Å². The molecule has 3 N–H and O–H groups in total. The van der Waals surface area contributed by atoms with Gasteiger partial charge in [-0.25, -0.2) is 4.79 Å². The van der Waals surface area contributed by atoms with Gasteiger partial charge in [-0.2, -0.15) is 0 Å². The van der Waals surface area contributed by atoms with E-state index in [0.29, 0.717) is 44.1 Å². The molecule has 4 aliphatic carbocycles. The molecule has 7 aliphatic rings. The molecule has 7 rings (SSSR count). The van der Waals surface area contributed by atoms with Crippen LogP contribution in [0.3, 0.4) is 0 Å². The molecule has 6 fully saturated rings. The molecule has 352 valence electrons. The molecule has 0 bridgehead atoms. The number of rotatable bonds is 12. The summed E-state index contributed by atoms with van der Waals surface area (Å²) in [6.07, 6.45) is 0.173. The maximum Gasteiger partial charge on any atom is 0.333 e. The van der Waals surface area contributed by atoms with E-state index in [0.717, 1.165) is 19.3 Å². The monoisotopic (exact) mass is 879 g/mol. The highest BCUT2D eigenvalue weighted by Crippen LogP contribution is 2.68. The second kappa shape index (κ2) is 18.8. The highest BCUT2D eigenvalue weighted by molar-refractivity contribution is 5.88. The Bertz CT molecular complexity index is 1670. The molecule has 3 heterocycles. The van der Waals surface area contributed by atoms with Crippen molar-refractivity contribution >= 4 is 11.8 Å². The van der Waals surface area contributed by atoms with Gasteiger partial charge in [0, 0.05) is 51.1 Å². The van der Waals surface area contributed by atoms with E-state index in [-0.39, 0.29) is 41.2 Å². The first-order chi connectivity index (χ1) is 29.3. The zero-order chi connectivity index (χ0) is 45.1. The number of Topliss-reactive ketones (excluding diaryl/α,β-unsaturated/α-hetero) is 1. The smallest absolute Gasteiger partial charge is 0.333 e. The number of hydrogen-bond acceptors (Lipinski definition) is 15. The summed E-state index contributed by atoms with van der Waals surface area (Å²) in [5, 5.41) is 34.1. The maximum absolute atomic E-state index is 13.3. The Hall–Kier alpha value is -1.86. The van der Waals surface area contributed by atoms with Gasteiger partial charge in [-0.05, 0) is 104 Å². The van der Waals surface area contributed by atoms with Crippen molar-refractivity contribution in [3.05, 3.63) is 23.3 Å². The van der Waals surface area contributed by atoms with Crippen LogP contribution in [0.25, 0.3) is 0 Å². The molecule has 0 aromatic carbocycles. The first-order valence-electron chi connectivity index (χ1n) is 23.0. The minimum Gasteiger partial charge on any atom is -0.458 e. The van der Waals surface area contributed by atoms with Crippen LogP contribution in [0.5, 0.6) is 0 Å². The molecular formula is C47H74O15. The first kappa shape index (κ1) is 48.1. The van der Waals surface area contributed by atoms with E-state index in [9.17, 15) is 24.9 Å². The Balaban J connectivity index is 0.980. The third-order valence-electron chi connectivity index (χ3n) is 16.6. The molecule has 0 aromatic rings. The Morgan fingerprint density at radius 1 is 0.774 bits per heavy atom. The van der Waals surface area contributed by atoms with Gasteiger partial charge in [-0.15, -0.1) is 0 Å². The van der Waals surface area contributed by atoms with Crippen LogP contribution in [-0.2, 0) is 57.0 Å². The van der Waals surface area contributed by atoms with E-state index in [1.54, 1.807) is 41.1 Å². The minimum atomic E-state index is -1.22. The SMILES string of the molecule is C/C=C(\C)C(=O)OC1CC2C(CC=C3CC(OC4CC(OC)C(OC5CC(OC)C(OC6OC(C)C(O)C(OC)C6O)C(C)O5)C(C)O4)CC[C@@]32C)C2(O)CCC(C(C)=O)[C@@]12C. The second-order valence-electron chi connectivity index (χ2n) is 19.8. The maximum atomic E-state index is 13.3. The van der Waals surface area contributed by atoms with Gasteiger partial charge in [-0.3, -0.25) is 4.79 Å². The summed E-state index contributed by atoms with van der Waals surface area (Å²) in [5.74, 6) is -0.727. The third-order valence-corrected chi connectivity index (χ3v) is 16.6. The van der Waals surface area contributed by atoms with Crippen molar-refractivity contribution in [2.75, 3.05) is 21.3 Å². The fraction of sp³-hybridized carbons (Fsp3) is 0.872. The minimum absolute atomic E-state index is 0.0391. The lowest BCUT2D eigenvalue weighted by molar-refractivity contribution is -0.352. The number of aliphatic hydroxyl groups is 3. The van der Waals surface area contributed by atoms with Crippen LogP contribution in [-0.4, -0.2) is 146 Å². The molecule has 3 aliphatic heterocycles. The van der Waals surface area contributed by atoms with Crippen molar-refractivity contribution in [2.45, 2.75) is 211 Å². The number of ketones is 1. The number of aliphatic hydroxyl groups excluding tert-OH is 2. The van der Waals surface area contributed by atoms with Crippen LogP contribution in [0.1, 0.15) is 113 Å². The lowest BCUT2D eigenvalue weighted by Crippen LogP contribution is -2.66. The predicted octanol–water partition coefficient (Wildman–Crippen LogP) is 4.69. The number of hydrogen-bond donors (Lipinski definition) is 3. The van der Waals surface area contributed by atoms with Crippen LogP contribution in [0.15, 0.2) is 23.3 Å². The van der Waals surface area contributed by atoms with Crippen LogP contribution in [0.4, 0.5) is 0 Å². The highest BCUT2D eigenvalue weighted by Gasteiger charge is 2.71. The Kier molecular flexibility index (Phi) is 14.6. The third kappa shape index (κ3) is 8.42. The molecule has 0 amide bonds. The van der Waals surface area contributed by atoms with Gasteiger partial charge in [0.2, 0.25) is 0 Å². The molecule has 21 atom stereocenters. The van der Waals surface area contributed by atoms with Gasteiger partial charge in [-0.1, -0.05) is 31.6 Å². The fourth-order valence-corrected chi connectivity index (χ4v) is 12.8. The normalized spacial score (nSPS) is 49.6. The summed E-state index contributed by atoms with van der Waals surface area (Å²) in [6.45, 7) is 15.0. The van der Waals surface area contributed by atoms with E-state index in [4.69, 9.17) is 47.4 Å². The van der Waals surface area contributed by atoms with E-state index in [1.165, 1.54) is 12.7 Å². The lowest BCUT2D eigenvalue weighted by Gasteiger charge is -2.63. The summed E-state index contributed by atoms with van der Waals surface area (Å²) < 4.78 is 61.8. The zero-order valence-corrected chi connectivity index (χ0v) is 38.7. The number of esters is 1. The van der Waals surface area contributed by atoms with Crippen LogP contribution < -0.4 is 0 Å². The number of ether oxygens (including phenoxy) is 10. The van der Waals surface area contributed by atoms with Crippen LogP contribution in [0, 0.1) is 28.6 Å². The molecule has 0 spiro atoms. The second-order valence-corrected chi connectivity index (χ2v) is 19.8. The van der Waals surface area contributed by atoms with Crippen molar-refractivity contribution in [1.82, 2.24) is 0 Å². The molecule has 0 aromatic heterocycles. The van der Waals surface area contributed by atoms with Crippen molar-refractivity contribution < 1.29 is 72.3 Å². The number of methoxy groups -OCH3 is 3. The van der Waals surface area contributed by atoms with E-state index < -0.39 is 96.9 Å². The number of carbonyl (C=O) groups is 2. The van der Waals surface area contributed by atoms with Gasteiger partial charge in [0.25, 0.3) is 0 Å². The van der Waals surface area contributed by atoms with Crippen molar-refractivity contribution in [3.8, 4) is 0 Å². The van der Waals surface area contributed by atoms with Crippen molar-refractivity contribution in [1.29, 1.82) is 0 Å². The van der Waals surface area contributed by atoms with Crippen molar-refractivity contribution in [2.24, 2.45) is 28.6 Å². The van der Waals surface area contributed by atoms with E-state index in [1.807, 2.05) is 27.7 Å². The summed E-state index contributed by atoms with van der Waals surface area (Å²) in [4.78, 5) is 26.4. The van der Waals surface area contributed by atoms with E-state index >= 15 is 0 Å². The molecule has 62 heavy (non-hydrogen) atoms. The average Bonchev–Trinajstić information content (AvgIpc) is 3.53. The molecule has 19 unspecified atom stereocenters. The largest absolute Gasteiger partial charge is 0.458 e. The molecule has 3 saturated heterocycles. The summed E-state index contributed by atoms with van der Waals surface area (Å²) in [7, 11) is 4.68. The van der Waals surface area contributed by atoms with Crippen molar-refractivity contribution in [3.63, 3.8) is 0 Å². The van der Waals surface area contributed by atoms with Gasteiger partial charge < -0.3 is 62.7 Å². The molecule has 15 heteroatoms. The zero-order valence-electron chi connectivity index (χ0n) is 38.7. The number of fused-ring (bicyclic) bond motifs is 5. The fourth-order valence-electron chi connectivity index (χ4n) is 12.8. The number of allylic oxidation sites excluding steroid dienone is 2. The molecular weight excluding hydrogens is 805 g/mol. The Morgan fingerprint density at radius 3 is 2.00 bits per heavy atom. The van der Waals surface area contributed by atoms with Gasteiger partial charge in [0.1, 0.15) is 42.4 Å². The summed E-state index contributed by atoms with van der Waals surface area (Å²) >= 11 is 0. The molecule has 3 saturated carbocycles. The van der Waals surface area contributed by atoms with Crippen LogP contribution >= 0.6 is 0 Å². The Labute approximate surface area is 367 Å².